The molecule has 2 amide bonds. The highest BCUT2D eigenvalue weighted by Crippen LogP contribution is 2.47. The van der Waals surface area contributed by atoms with Gasteiger partial charge in [-0.15, -0.1) is 5.10 Å². The van der Waals surface area contributed by atoms with Gasteiger partial charge in [-0.3, -0.25) is 14.5 Å². The first-order valence-electron chi connectivity index (χ1n) is 12.8. The van der Waals surface area contributed by atoms with Crippen LogP contribution in [-0.4, -0.2) is 44.4 Å². The van der Waals surface area contributed by atoms with Gasteiger partial charge in [0, 0.05) is 24.7 Å². The molecule has 3 fully saturated rings. The number of nitriles is 1. The molecule has 1 aromatic carbocycles. The molecule has 0 radical (unpaired) electrons. The van der Waals surface area contributed by atoms with Crippen LogP contribution >= 0.6 is 0 Å². The summed E-state index contributed by atoms with van der Waals surface area (Å²) in [7, 11) is 0. The van der Waals surface area contributed by atoms with Crippen LogP contribution in [0.2, 0.25) is 0 Å². The summed E-state index contributed by atoms with van der Waals surface area (Å²) in [5, 5.41) is 20.8. The van der Waals surface area contributed by atoms with E-state index in [2.05, 4.69) is 32.7 Å². The van der Waals surface area contributed by atoms with E-state index in [4.69, 9.17) is 0 Å². The van der Waals surface area contributed by atoms with Crippen molar-refractivity contribution in [1.29, 1.82) is 5.26 Å². The van der Waals surface area contributed by atoms with Crippen LogP contribution in [0.4, 0.5) is 5.82 Å². The Hall–Kier alpha value is -4.06. The lowest BCUT2D eigenvalue weighted by Gasteiger charge is -2.36. The Morgan fingerprint density at radius 1 is 1.22 bits per heavy atom. The minimum absolute atomic E-state index is 0.0467. The number of nitrogens with one attached hydrogen (secondary N) is 1. The van der Waals surface area contributed by atoms with Gasteiger partial charge in [-0.25, -0.2) is 9.67 Å². The van der Waals surface area contributed by atoms with Crippen molar-refractivity contribution in [2.75, 3.05) is 11.4 Å². The topological polar surface area (TPSA) is 117 Å². The van der Waals surface area contributed by atoms with E-state index in [-0.39, 0.29) is 41.4 Å². The molecule has 3 aliphatic rings. The zero-order chi connectivity index (χ0) is 25.8. The second-order valence-corrected chi connectivity index (χ2v) is 10.8. The molecule has 1 aliphatic heterocycles. The van der Waals surface area contributed by atoms with Crippen molar-refractivity contribution in [2.24, 2.45) is 11.8 Å². The molecule has 188 valence electrons. The number of amides is 2. The number of fused-ring (bicyclic) bond motifs is 1. The Kier molecular flexibility index (Phi) is 5.55. The van der Waals surface area contributed by atoms with E-state index in [0.717, 1.165) is 48.1 Å². The number of benzene rings is 1. The smallest absolute Gasteiger partial charge is 0.273 e. The minimum atomic E-state index is -0.247. The first kappa shape index (κ1) is 23.3. The van der Waals surface area contributed by atoms with Crippen LogP contribution < -0.4 is 10.2 Å². The molecule has 3 atom stereocenters. The van der Waals surface area contributed by atoms with E-state index in [1.165, 1.54) is 0 Å². The van der Waals surface area contributed by atoms with Crippen molar-refractivity contribution in [1.82, 2.24) is 25.3 Å². The summed E-state index contributed by atoms with van der Waals surface area (Å²) in [6, 6.07) is 10.0. The maximum absolute atomic E-state index is 12.8. The zero-order valence-corrected chi connectivity index (χ0v) is 21.2. The van der Waals surface area contributed by atoms with Crippen molar-refractivity contribution in [3.05, 3.63) is 70.2 Å². The number of piperidine rings is 1. The third kappa shape index (κ3) is 4.16. The van der Waals surface area contributed by atoms with Crippen LogP contribution in [0.15, 0.2) is 36.7 Å². The van der Waals surface area contributed by atoms with Crippen molar-refractivity contribution >= 4 is 17.6 Å². The van der Waals surface area contributed by atoms with Gasteiger partial charge in [0.15, 0.2) is 5.69 Å². The predicted molar refractivity (Wildman–Crippen MR) is 136 cm³/mol. The van der Waals surface area contributed by atoms with Crippen LogP contribution in [0.1, 0.15) is 76.5 Å². The first-order chi connectivity index (χ1) is 17.8. The normalized spacial score (nSPS) is 24.7. The molecular weight excluding hydrogens is 466 g/mol. The molecule has 9 heteroatoms. The van der Waals surface area contributed by atoms with Crippen LogP contribution in [0.5, 0.6) is 0 Å². The second-order valence-electron chi connectivity index (χ2n) is 10.8. The third-order valence-corrected chi connectivity index (χ3v) is 8.17. The van der Waals surface area contributed by atoms with Gasteiger partial charge in [0.2, 0.25) is 5.91 Å². The number of anilines is 1. The summed E-state index contributed by atoms with van der Waals surface area (Å²) in [4.78, 5) is 31.6. The molecule has 2 aromatic heterocycles. The number of pyridine rings is 1. The van der Waals surface area contributed by atoms with E-state index < -0.39 is 0 Å². The highest BCUT2D eigenvalue weighted by atomic mass is 16.2. The largest absolute Gasteiger partial charge is 0.348 e. The van der Waals surface area contributed by atoms with E-state index in [0.29, 0.717) is 17.3 Å². The molecule has 37 heavy (non-hydrogen) atoms. The minimum Gasteiger partial charge on any atom is -0.348 e. The number of nitrogens with zero attached hydrogens (tertiary/aromatic N) is 6. The molecule has 1 N–H and O–H groups in total. The van der Waals surface area contributed by atoms with Crippen LogP contribution in [0.25, 0.3) is 0 Å². The Morgan fingerprint density at radius 3 is 2.73 bits per heavy atom. The number of rotatable bonds is 6. The number of carbonyl (C=O) groups is 2. The van der Waals surface area contributed by atoms with Gasteiger partial charge in [0.05, 0.1) is 23.9 Å². The summed E-state index contributed by atoms with van der Waals surface area (Å²) in [6.45, 7) is 6.77. The lowest BCUT2D eigenvalue weighted by atomic mass is 9.74. The molecule has 6 rings (SSSR count). The zero-order valence-electron chi connectivity index (χ0n) is 21.2. The molecular formula is C28H29N7O2. The monoisotopic (exact) mass is 495 g/mol. The predicted octanol–water partition coefficient (Wildman–Crippen LogP) is 3.43. The van der Waals surface area contributed by atoms with Gasteiger partial charge in [-0.05, 0) is 80.7 Å². The maximum Gasteiger partial charge on any atom is 0.273 e. The number of aromatic nitrogens is 4. The molecule has 3 aromatic rings. The molecule has 0 bridgehead atoms. The Labute approximate surface area is 215 Å². The summed E-state index contributed by atoms with van der Waals surface area (Å²) in [5.74, 6) is 1.61. The van der Waals surface area contributed by atoms with Crippen molar-refractivity contribution in [2.45, 2.75) is 58.0 Å². The van der Waals surface area contributed by atoms with Crippen LogP contribution in [-0.2, 0) is 4.79 Å². The maximum atomic E-state index is 12.8. The van der Waals surface area contributed by atoms with Crippen LogP contribution in [0, 0.1) is 37.0 Å². The number of hydrogen-bond acceptors (Lipinski definition) is 6. The fourth-order valence-electron chi connectivity index (χ4n) is 5.70. The van der Waals surface area contributed by atoms with E-state index in [9.17, 15) is 14.9 Å². The average molecular weight is 496 g/mol. The number of aryl methyl sites for hydroxylation is 2. The number of carbonyl (C=O) groups excluding carboxylic acids is 2. The molecule has 9 nitrogen and oxygen atoms in total. The lowest BCUT2D eigenvalue weighted by Crippen LogP contribution is -2.43. The molecule has 2 saturated carbocycles. The molecule has 1 saturated heterocycles. The van der Waals surface area contributed by atoms with E-state index in [1.807, 2.05) is 39.0 Å². The van der Waals surface area contributed by atoms with Gasteiger partial charge in [0.25, 0.3) is 5.91 Å². The van der Waals surface area contributed by atoms with Gasteiger partial charge in [-0.2, -0.15) is 5.26 Å². The SMILES string of the molecule is Cc1ccc(C#N)c([C@H]2C[C@@H](NC(=O)c3cn([C@H](C)c4cnc(N5C[C@H]6C[C@H]6C5=O)cc4C)nn3)C2)c1. The molecule has 0 unspecified atom stereocenters. The van der Waals surface area contributed by atoms with Crippen molar-refractivity contribution in [3.8, 4) is 6.07 Å². The highest BCUT2D eigenvalue weighted by Gasteiger charge is 2.52. The lowest BCUT2D eigenvalue weighted by molar-refractivity contribution is -0.118. The fourth-order valence-corrected chi connectivity index (χ4v) is 5.70. The quantitative estimate of drug-likeness (QED) is 0.560. The summed E-state index contributed by atoms with van der Waals surface area (Å²) < 4.78 is 1.67. The third-order valence-electron chi connectivity index (χ3n) is 8.17. The van der Waals surface area contributed by atoms with E-state index in [1.54, 1.807) is 22.0 Å². The summed E-state index contributed by atoms with van der Waals surface area (Å²) in [6.07, 6.45) is 6.07. The molecule has 3 heterocycles. The highest BCUT2D eigenvalue weighted by molar-refractivity contribution is 5.99. The van der Waals surface area contributed by atoms with Gasteiger partial charge >= 0.3 is 0 Å². The Balaban J connectivity index is 1.08. The second kappa shape index (κ2) is 8.80. The first-order valence-corrected chi connectivity index (χ1v) is 12.8. The van der Waals surface area contributed by atoms with Gasteiger partial charge < -0.3 is 5.32 Å². The van der Waals surface area contributed by atoms with Crippen LogP contribution in [0.3, 0.4) is 0 Å². The Bertz CT molecular complexity index is 1450. The number of hydrogen-bond donors (Lipinski definition) is 1. The Morgan fingerprint density at radius 2 is 2.03 bits per heavy atom. The van der Waals surface area contributed by atoms with Crippen molar-refractivity contribution < 1.29 is 9.59 Å². The van der Waals surface area contributed by atoms with Crippen molar-refractivity contribution in [3.63, 3.8) is 0 Å². The van der Waals surface area contributed by atoms with Gasteiger partial charge in [-0.1, -0.05) is 22.9 Å². The standard InChI is InChI=1S/C28H29N7O2/c1-15-4-5-18(11-29)22(6-15)19-8-21(9-19)31-27(36)25-14-35(33-32-25)17(3)24-12-30-26(7-16(24)2)34-13-20-10-23(20)28(34)37/h4-7,12,14,17,19-21,23H,8-10,13H2,1-3H3,(H,31,36)/t17-,19-,20-,21+,23-/m1/s1. The summed E-state index contributed by atoms with van der Waals surface area (Å²) >= 11 is 0. The van der Waals surface area contributed by atoms with E-state index >= 15 is 0 Å². The fraction of sp³-hybridized carbons (Fsp3) is 0.429. The molecule has 0 spiro atoms. The average Bonchev–Trinajstić information content (AvgIpc) is 3.31. The summed E-state index contributed by atoms with van der Waals surface area (Å²) in [5.41, 5.74) is 5.15. The molecule has 2 aliphatic carbocycles. The van der Waals surface area contributed by atoms with Gasteiger partial charge in [0.1, 0.15) is 5.82 Å².